The van der Waals surface area contributed by atoms with Gasteiger partial charge in [0, 0.05) is 0 Å². The van der Waals surface area contributed by atoms with Gasteiger partial charge in [0.15, 0.2) is 0 Å². The molecule has 0 amide bonds. The van der Waals surface area contributed by atoms with Crippen LogP contribution in [0, 0.1) is 6.92 Å². The summed E-state index contributed by atoms with van der Waals surface area (Å²) in [6.45, 7) is 4.20. The molecule has 0 aliphatic carbocycles. The van der Waals surface area contributed by atoms with Gasteiger partial charge >= 0.3 is 0 Å². The lowest BCUT2D eigenvalue weighted by molar-refractivity contribution is 0.154. The lowest BCUT2D eigenvalue weighted by Gasteiger charge is -2.08. The number of aryl methyl sites for hydroxylation is 2. The van der Waals surface area contributed by atoms with Gasteiger partial charge in [-0.15, -0.1) is 0 Å². The molecule has 0 heterocycles. The van der Waals surface area contributed by atoms with Crippen LogP contribution in [-0.2, 0) is 6.42 Å². The van der Waals surface area contributed by atoms with Gasteiger partial charge in [-0.05, 0) is 31.7 Å². The minimum atomic E-state index is -0.124. The Balaban J connectivity index is 2.34. The Morgan fingerprint density at radius 1 is 1.14 bits per heavy atom. The highest BCUT2D eigenvalue weighted by atomic mass is 16.3. The smallest absolute Gasteiger partial charge is 0.0543 e. The lowest BCUT2D eigenvalue weighted by Crippen LogP contribution is -2.06. The van der Waals surface area contributed by atoms with Gasteiger partial charge in [-0.25, -0.2) is 0 Å². The molecule has 0 saturated carbocycles. The number of aliphatic hydroxyl groups is 1. The Morgan fingerprint density at radius 3 is 2.36 bits per heavy atom. The van der Waals surface area contributed by atoms with Gasteiger partial charge in [-0.1, -0.05) is 43.2 Å². The highest BCUT2D eigenvalue weighted by Gasteiger charge is 2.02. The highest BCUT2D eigenvalue weighted by molar-refractivity contribution is 5.21. The normalized spacial score (nSPS) is 12.8. The quantitative estimate of drug-likeness (QED) is 0.760. The summed E-state index contributed by atoms with van der Waals surface area (Å²) in [5.74, 6) is 0. The standard InChI is InChI=1S/C13H20O/c1-3-4-13(14)10-9-12-7-5-11(2)6-8-12/h5-8,13-14H,3-4,9-10H2,1-2H3. The largest absolute Gasteiger partial charge is 0.393 e. The SMILES string of the molecule is CCCC(O)CCc1ccc(C)cc1. The van der Waals surface area contributed by atoms with Crippen molar-refractivity contribution in [3.63, 3.8) is 0 Å². The molecule has 0 aliphatic heterocycles. The lowest BCUT2D eigenvalue weighted by atomic mass is 10.0. The minimum Gasteiger partial charge on any atom is -0.393 e. The first-order valence-corrected chi connectivity index (χ1v) is 5.46. The van der Waals surface area contributed by atoms with E-state index < -0.39 is 0 Å². The fraction of sp³-hybridized carbons (Fsp3) is 0.538. The number of hydrogen-bond donors (Lipinski definition) is 1. The summed E-state index contributed by atoms with van der Waals surface area (Å²) >= 11 is 0. The number of rotatable bonds is 5. The molecule has 1 heteroatoms. The first-order valence-electron chi connectivity index (χ1n) is 5.46. The van der Waals surface area contributed by atoms with E-state index in [2.05, 4.69) is 38.1 Å². The van der Waals surface area contributed by atoms with Crippen LogP contribution in [0.1, 0.15) is 37.3 Å². The third kappa shape index (κ3) is 3.93. The molecule has 0 aromatic heterocycles. The van der Waals surface area contributed by atoms with Crippen LogP contribution in [0.5, 0.6) is 0 Å². The van der Waals surface area contributed by atoms with E-state index in [9.17, 15) is 5.11 Å². The molecule has 1 aromatic rings. The third-order valence-corrected chi connectivity index (χ3v) is 2.51. The van der Waals surface area contributed by atoms with Crippen molar-refractivity contribution in [1.29, 1.82) is 0 Å². The van der Waals surface area contributed by atoms with Crippen molar-refractivity contribution in [3.05, 3.63) is 35.4 Å². The zero-order chi connectivity index (χ0) is 10.4. The molecule has 1 rings (SSSR count). The van der Waals surface area contributed by atoms with Crippen molar-refractivity contribution < 1.29 is 5.11 Å². The molecule has 1 N–H and O–H groups in total. The molecule has 1 nitrogen and oxygen atoms in total. The average molecular weight is 192 g/mol. The van der Waals surface area contributed by atoms with Crippen molar-refractivity contribution in [2.75, 3.05) is 0 Å². The van der Waals surface area contributed by atoms with E-state index >= 15 is 0 Å². The van der Waals surface area contributed by atoms with Gasteiger partial charge in [0.05, 0.1) is 6.10 Å². The van der Waals surface area contributed by atoms with Crippen LogP contribution >= 0.6 is 0 Å². The average Bonchev–Trinajstić information content (AvgIpc) is 2.17. The van der Waals surface area contributed by atoms with E-state index in [0.717, 1.165) is 25.7 Å². The molecule has 0 aliphatic rings. The molecular weight excluding hydrogens is 172 g/mol. The van der Waals surface area contributed by atoms with Crippen LogP contribution in [-0.4, -0.2) is 11.2 Å². The van der Waals surface area contributed by atoms with E-state index in [1.165, 1.54) is 11.1 Å². The second-order valence-corrected chi connectivity index (χ2v) is 3.97. The van der Waals surface area contributed by atoms with Crippen LogP contribution in [0.15, 0.2) is 24.3 Å². The Morgan fingerprint density at radius 2 is 1.79 bits per heavy atom. The van der Waals surface area contributed by atoms with Crippen molar-refractivity contribution >= 4 is 0 Å². The number of hydrogen-bond acceptors (Lipinski definition) is 1. The van der Waals surface area contributed by atoms with Crippen LogP contribution in [0.3, 0.4) is 0 Å². The van der Waals surface area contributed by atoms with Crippen LogP contribution in [0.2, 0.25) is 0 Å². The maximum Gasteiger partial charge on any atom is 0.0543 e. The topological polar surface area (TPSA) is 20.2 Å². The summed E-state index contributed by atoms with van der Waals surface area (Å²) < 4.78 is 0. The first-order chi connectivity index (χ1) is 6.72. The summed E-state index contributed by atoms with van der Waals surface area (Å²) in [5.41, 5.74) is 2.62. The maximum atomic E-state index is 9.57. The minimum absolute atomic E-state index is 0.124. The number of aliphatic hydroxyl groups excluding tert-OH is 1. The van der Waals surface area contributed by atoms with Gasteiger partial charge in [-0.3, -0.25) is 0 Å². The molecule has 0 fully saturated rings. The summed E-state index contributed by atoms with van der Waals surface area (Å²) in [6, 6.07) is 8.55. The van der Waals surface area contributed by atoms with E-state index in [1.54, 1.807) is 0 Å². The highest BCUT2D eigenvalue weighted by Crippen LogP contribution is 2.09. The van der Waals surface area contributed by atoms with Crippen LogP contribution in [0.25, 0.3) is 0 Å². The van der Waals surface area contributed by atoms with Crippen molar-refractivity contribution in [2.45, 2.75) is 45.6 Å². The monoisotopic (exact) mass is 192 g/mol. The van der Waals surface area contributed by atoms with E-state index in [0.29, 0.717) is 0 Å². The Hall–Kier alpha value is -0.820. The van der Waals surface area contributed by atoms with Crippen molar-refractivity contribution in [2.24, 2.45) is 0 Å². The molecule has 0 bridgehead atoms. The maximum absolute atomic E-state index is 9.57. The van der Waals surface area contributed by atoms with Gasteiger partial charge in [0.25, 0.3) is 0 Å². The van der Waals surface area contributed by atoms with E-state index in [-0.39, 0.29) is 6.10 Å². The van der Waals surface area contributed by atoms with E-state index in [1.807, 2.05) is 0 Å². The second-order valence-electron chi connectivity index (χ2n) is 3.97. The van der Waals surface area contributed by atoms with Gasteiger partial charge in [0.2, 0.25) is 0 Å². The molecule has 1 unspecified atom stereocenters. The molecule has 0 radical (unpaired) electrons. The van der Waals surface area contributed by atoms with Gasteiger partial charge in [-0.2, -0.15) is 0 Å². The van der Waals surface area contributed by atoms with Crippen molar-refractivity contribution in [1.82, 2.24) is 0 Å². The molecule has 0 spiro atoms. The predicted molar refractivity (Wildman–Crippen MR) is 60.4 cm³/mol. The number of benzene rings is 1. The van der Waals surface area contributed by atoms with Gasteiger partial charge in [0.1, 0.15) is 0 Å². The molecule has 14 heavy (non-hydrogen) atoms. The molecule has 1 atom stereocenters. The first kappa shape index (κ1) is 11.3. The summed E-state index contributed by atoms with van der Waals surface area (Å²) in [6.07, 6.45) is 3.74. The van der Waals surface area contributed by atoms with Crippen LogP contribution < -0.4 is 0 Å². The van der Waals surface area contributed by atoms with Crippen LogP contribution in [0.4, 0.5) is 0 Å². The third-order valence-electron chi connectivity index (χ3n) is 2.51. The predicted octanol–water partition coefficient (Wildman–Crippen LogP) is 3.09. The summed E-state index contributed by atoms with van der Waals surface area (Å²) in [5, 5.41) is 9.57. The molecular formula is C13H20O. The Bertz CT molecular complexity index is 250. The molecule has 1 aromatic carbocycles. The molecule has 78 valence electrons. The fourth-order valence-electron chi connectivity index (χ4n) is 1.57. The van der Waals surface area contributed by atoms with Crippen molar-refractivity contribution in [3.8, 4) is 0 Å². The Kier molecular flexibility index (Phi) is 4.68. The fourth-order valence-corrected chi connectivity index (χ4v) is 1.57. The second kappa shape index (κ2) is 5.82. The summed E-state index contributed by atoms with van der Waals surface area (Å²) in [7, 11) is 0. The summed E-state index contributed by atoms with van der Waals surface area (Å²) in [4.78, 5) is 0. The molecule has 0 saturated heterocycles. The van der Waals surface area contributed by atoms with E-state index in [4.69, 9.17) is 0 Å². The zero-order valence-electron chi connectivity index (χ0n) is 9.16. The van der Waals surface area contributed by atoms with Gasteiger partial charge < -0.3 is 5.11 Å². The Labute approximate surface area is 86.8 Å². The zero-order valence-corrected chi connectivity index (χ0v) is 9.16.